The molecule has 2 heterocycles. The van der Waals surface area contributed by atoms with Crippen molar-refractivity contribution in [3.63, 3.8) is 0 Å². The molecule has 1 aliphatic heterocycles. The van der Waals surface area contributed by atoms with Crippen molar-refractivity contribution in [2.24, 2.45) is 11.8 Å². The monoisotopic (exact) mass is 467 g/mol. The third-order valence-electron chi connectivity index (χ3n) is 8.56. The van der Waals surface area contributed by atoms with E-state index in [0.29, 0.717) is 12.2 Å². The van der Waals surface area contributed by atoms with E-state index in [1.54, 1.807) is 0 Å². The molecule has 2 aliphatic carbocycles. The highest BCUT2D eigenvalue weighted by atomic mass is 16.5. The number of aryl methyl sites for hydroxylation is 1. The van der Waals surface area contributed by atoms with E-state index in [9.17, 15) is 4.79 Å². The number of ketones is 1. The highest BCUT2D eigenvalue weighted by molar-refractivity contribution is 5.83. The minimum atomic E-state index is -0.238. The van der Waals surface area contributed by atoms with Crippen LogP contribution in [0.3, 0.4) is 0 Å². The van der Waals surface area contributed by atoms with Gasteiger partial charge in [0.15, 0.2) is 0 Å². The van der Waals surface area contributed by atoms with E-state index >= 15 is 0 Å². The smallest absolute Gasteiger partial charge is 0.136 e. The predicted molar refractivity (Wildman–Crippen MR) is 138 cm³/mol. The third kappa shape index (κ3) is 3.68. The van der Waals surface area contributed by atoms with Crippen LogP contribution in [0.1, 0.15) is 48.8 Å². The van der Waals surface area contributed by atoms with Crippen LogP contribution in [0.25, 0.3) is 11.3 Å². The standard InChI is InChI=1S/C30H33N3O2/c1-20-26-13-12-25-28(22-8-10-24(11-9-22)33-16-18-35-19-17-33)31-21(2)32-29(25)30(26,15-14-27(20)34)23-6-4-3-5-7-23/h3-11,20,26H,12-19H2,1-2H3/t20-,26-,30+/m0/s1. The molecule has 0 bridgehead atoms. The zero-order valence-corrected chi connectivity index (χ0v) is 20.7. The second-order valence-electron chi connectivity index (χ2n) is 10.3. The maximum Gasteiger partial charge on any atom is 0.136 e. The molecule has 3 atom stereocenters. The molecule has 0 amide bonds. The highest BCUT2D eigenvalue weighted by Crippen LogP contribution is 2.55. The number of nitrogens with zero attached hydrogens (tertiary/aromatic N) is 3. The van der Waals surface area contributed by atoms with Crippen LogP contribution in [0.4, 0.5) is 5.69 Å². The number of Topliss-reactive ketones (excluding diaryl/α,β-unsaturated/α-hetero) is 1. The van der Waals surface area contributed by atoms with Gasteiger partial charge >= 0.3 is 0 Å². The van der Waals surface area contributed by atoms with Gasteiger partial charge in [0, 0.05) is 47.7 Å². The van der Waals surface area contributed by atoms with Crippen molar-refractivity contribution in [3.8, 4) is 11.3 Å². The van der Waals surface area contributed by atoms with E-state index in [1.165, 1.54) is 16.8 Å². The normalized spacial score (nSPS) is 26.2. The first kappa shape index (κ1) is 22.4. The fourth-order valence-corrected chi connectivity index (χ4v) is 6.80. The molecule has 0 N–H and O–H groups in total. The lowest BCUT2D eigenvalue weighted by atomic mass is 9.52. The van der Waals surface area contributed by atoms with Crippen LogP contribution in [0.2, 0.25) is 0 Å². The fourth-order valence-electron chi connectivity index (χ4n) is 6.80. The van der Waals surface area contributed by atoms with Crippen molar-refractivity contribution in [3.05, 3.63) is 77.2 Å². The molecule has 3 aliphatic rings. The lowest BCUT2D eigenvalue weighted by Gasteiger charge is -2.50. The lowest BCUT2D eigenvalue weighted by Crippen LogP contribution is -2.50. The van der Waals surface area contributed by atoms with Gasteiger partial charge < -0.3 is 9.64 Å². The molecule has 180 valence electrons. The van der Waals surface area contributed by atoms with Gasteiger partial charge in [0.25, 0.3) is 0 Å². The third-order valence-corrected chi connectivity index (χ3v) is 8.56. The minimum absolute atomic E-state index is 0.0450. The number of anilines is 1. The summed E-state index contributed by atoms with van der Waals surface area (Å²) in [5.41, 5.74) is 6.90. The van der Waals surface area contributed by atoms with E-state index in [2.05, 4.69) is 66.4 Å². The van der Waals surface area contributed by atoms with Crippen LogP contribution in [0, 0.1) is 18.8 Å². The molecule has 0 radical (unpaired) electrons. The summed E-state index contributed by atoms with van der Waals surface area (Å²) in [5, 5.41) is 0. The number of hydrogen-bond donors (Lipinski definition) is 0. The number of morpholine rings is 1. The molecule has 35 heavy (non-hydrogen) atoms. The van der Waals surface area contributed by atoms with Gasteiger partial charge in [-0.05, 0) is 49.8 Å². The van der Waals surface area contributed by atoms with E-state index < -0.39 is 0 Å². The Morgan fingerprint density at radius 3 is 2.46 bits per heavy atom. The molecule has 0 unspecified atom stereocenters. The predicted octanol–water partition coefficient (Wildman–Crippen LogP) is 5.14. The maximum atomic E-state index is 12.8. The SMILES string of the molecule is Cc1nc(-c2ccc(N3CCOCC3)cc2)c2c(n1)[C@@]1(c3ccccc3)CCC(=O)[C@@H](C)[C@@H]1CC2. The summed E-state index contributed by atoms with van der Waals surface area (Å²) in [5.74, 6) is 1.51. The lowest BCUT2D eigenvalue weighted by molar-refractivity contribution is -0.128. The number of carbonyl (C=O) groups is 1. The maximum absolute atomic E-state index is 12.8. The van der Waals surface area contributed by atoms with Gasteiger partial charge in [0.05, 0.1) is 24.6 Å². The summed E-state index contributed by atoms with van der Waals surface area (Å²) < 4.78 is 5.51. The van der Waals surface area contributed by atoms with E-state index in [-0.39, 0.29) is 17.3 Å². The van der Waals surface area contributed by atoms with Crippen LogP contribution in [0.5, 0.6) is 0 Å². The molecule has 6 rings (SSSR count). The largest absolute Gasteiger partial charge is 0.378 e. The van der Waals surface area contributed by atoms with Gasteiger partial charge in [-0.2, -0.15) is 0 Å². The Balaban J connectivity index is 1.48. The van der Waals surface area contributed by atoms with Gasteiger partial charge in [-0.15, -0.1) is 0 Å². The summed E-state index contributed by atoms with van der Waals surface area (Å²) in [4.78, 5) is 25.3. The van der Waals surface area contributed by atoms with Crippen molar-refractivity contribution in [1.82, 2.24) is 9.97 Å². The van der Waals surface area contributed by atoms with Crippen molar-refractivity contribution >= 4 is 11.5 Å². The molecule has 2 aromatic carbocycles. The van der Waals surface area contributed by atoms with Crippen molar-refractivity contribution in [1.29, 1.82) is 0 Å². The van der Waals surface area contributed by atoms with E-state index in [4.69, 9.17) is 14.7 Å². The molecule has 1 saturated carbocycles. The Labute approximate surface area is 207 Å². The Morgan fingerprint density at radius 1 is 0.971 bits per heavy atom. The number of carbonyl (C=O) groups excluding carboxylic acids is 1. The second-order valence-corrected chi connectivity index (χ2v) is 10.3. The van der Waals surface area contributed by atoms with Crippen LogP contribution < -0.4 is 4.90 Å². The molecule has 2 fully saturated rings. The average molecular weight is 468 g/mol. The zero-order chi connectivity index (χ0) is 24.0. The number of hydrogen-bond acceptors (Lipinski definition) is 5. The molecule has 1 saturated heterocycles. The highest BCUT2D eigenvalue weighted by Gasteiger charge is 2.53. The van der Waals surface area contributed by atoms with Gasteiger partial charge in [0.2, 0.25) is 0 Å². The molecule has 1 aromatic heterocycles. The summed E-state index contributed by atoms with van der Waals surface area (Å²) in [7, 11) is 0. The Kier molecular flexibility index (Phi) is 5.68. The van der Waals surface area contributed by atoms with Crippen LogP contribution >= 0.6 is 0 Å². The van der Waals surface area contributed by atoms with E-state index in [0.717, 1.165) is 68.3 Å². The van der Waals surface area contributed by atoms with Crippen molar-refractivity contribution in [2.75, 3.05) is 31.2 Å². The molecule has 5 heteroatoms. The first-order valence-corrected chi connectivity index (χ1v) is 13.0. The number of rotatable bonds is 3. The van der Waals surface area contributed by atoms with Crippen LogP contribution in [0.15, 0.2) is 54.6 Å². The summed E-state index contributed by atoms with van der Waals surface area (Å²) in [6, 6.07) is 19.6. The van der Waals surface area contributed by atoms with Gasteiger partial charge in [0.1, 0.15) is 11.6 Å². The van der Waals surface area contributed by atoms with Gasteiger partial charge in [-0.1, -0.05) is 49.4 Å². The fraction of sp³-hybridized carbons (Fsp3) is 0.433. The van der Waals surface area contributed by atoms with E-state index in [1.807, 2.05) is 6.92 Å². The van der Waals surface area contributed by atoms with Crippen molar-refractivity contribution in [2.45, 2.75) is 44.9 Å². The first-order valence-electron chi connectivity index (χ1n) is 13.0. The molecule has 0 spiro atoms. The molecular weight excluding hydrogens is 434 g/mol. The molecule has 5 nitrogen and oxygen atoms in total. The summed E-state index contributed by atoms with van der Waals surface area (Å²) >= 11 is 0. The topological polar surface area (TPSA) is 55.3 Å². The Hall–Kier alpha value is -3.05. The zero-order valence-electron chi connectivity index (χ0n) is 20.7. The first-order chi connectivity index (χ1) is 17.1. The van der Waals surface area contributed by atoms with Crippen LogP contribution in [-0.4, -0.2) is 42.1 Å². The number of aromatic nitrogens is 2. The number of benzene rings is 2. The average Bonchev–Trinajstić information content (AvgIpc) is 2.91. The van der Waals surface area contributed by atoms with Gasteiger partial charge in [-0.25, -0.2) is 9.97 Å². The number of ether oxygens (including phenoxy) is 1. The van der Waals surface area contributed by atoms with Gasteiger partial charge in [-0.3, -0.25) is 4.79 Å². The quantitative estimate of drug-likeness (QED) is 0.534. The summed E-state index contributed by atoms with van der Waals surface area (Å²) in [6.07, 6.45) is 3.33. The Bertz CT molecular complexity index is 1230. The second kappa shape index (κ2) is 8.87. The number of fused-ring (bicyclic) bond motifs is 3. The molecular formula is C30H33N3O2. The summed E-state index contributed by atoms with van der Waals surface area (Å²) in [6.45, 7) is 7.56. The Morgan fingerprint density at radius 2 is 1.71 bits per heavy atom. The minimum Gasteiger partial charge on any atom is -0.378 e. The molecule has 3 aromatic rings. The van der Waals surface area contributed by atoms with Crippen molar-refractivity contribution < 1.29 is 9.53 Å². The van der Waals surface area contributed by atoms with Crippen LogP contribution in [-0.2, 0) is 21.4 Å².